The monoisotopic (exact) mass is 303 g/mol. The van der Waals surface area contributed by atoms with Crippen molar-refractivity contribution in [1.82, 2.24) is 0 Å². The fourth-order valence-corrected chi connectivity index (χ4v) is 1.56. The molecular weight excluding hydrogens is 280 g/mol. The van der Waals surface area contributed by atoms with E-state index in [9.17, 15) is 4.79 Å². The van der Waals surface area contributed by atoms with E-state index in [0.29, 0.717) is 30.3 Å². The van der Waals surface area contributed by atoms with Gasteiger partial charge in [0.25, 0.3) is 0 Å². The van der Waals surface area contributed by atoms with Crippen molar-refractivity contribution >= 4 is 5.97 Å². The highest BCUT2D eigenvalue weighted by molar-refractivity contribution is 5.67. The van der Waals surface area contributed by atoms with E-state index in [1.165, 1.54) is 6.92 Å². The van der Waals surface area contributed by atoms with E-state index in [1.807, 2.05) is 0 Å². The van der Waals surface area contributed by atoms with Crippen LogP contribution in [0.2, 0.25) is 0 Å². The lowest BCUT2D eigenvalue weighted by atomic mass is 10.2. The third-order valence-corrected chi connectivity index (χ3v) is 2.78. The molecule has 0 unspecified atom stereocenters. The molecule has 1 aromatic rings. The van der Waals surface area contributed by atoms with E-state index in [-0.39, 0.29) is 0 Å². The summed E-state index contributed by atoms with van der Waals surface area (Å²) in [5.74, 6) is 3.58. The van der Waals surface area contributed by atoms with Gasteiger partial charge in [-0.2, -0.15) is 0 Å². The third-order valence-electron chi connectivity index (χ3n) is 2.78. The number of benzene rings is 1. The summed E-state index contributed by atoms with van der Waals surface area (Å²) in [6, 6.07) is 6.51. The molecule has 119 valence electrons. The van der Waals surface area contributed by atoms with Gasteiger partial charge in [0.1, 0.15) is 17.6 Å². The summed E-state index contributed by atoms with van der Waals surface area (Å²) in [5, 5.41) is 0. The van der Waals surface area contributed by atoms with E-state index in [2.05, 4.69) is 36.7 Å². The van der Waals surface area contributed by atoms with Gasteiger partial charge in [0.05, 0.1) is 18.8 Å². The molecule has 1 aromatic carbocycles. The maximum atomic E-state index is 10.8. The zero-order chi connectivity index (χ0) is 16.2. The number of unbranched alkanes of at least 4 members (excludes halogenated alkanes) is 2. The van der Waals surface area contributed by atoms with Crippen molar-refractivity contribution in [3.05, 3.63) is 23.8 Å². The van der Waals surface area contributed by atoms with Gasteiger partial charge in [0.2, 0.25) is 0 Å². The number of carbonyl (C=O) groups excluding carboxylic acids is 1. The fourth-order valence-electron chi connectivity index (χ4n) is 1.56. The molecule has 0 N–H and O–H groups in total. The Kier molecular flexibility index (Phi) is 8.59. The van der Waals surface area contributed by atoms with Crippen LogP contribution < -0.4 is 9.47 Å². The van der Waals surface area contributed by atoms with Crippen LogP contribution in [0, 0.1) is 18.1 Å². The van der Waals surface area contributed by atoms with Crippen molar-refractivity contribution in [2.45, 2.75) is 46.5 Å². The van der Waals surface area contributed by atoms with Gasteiger partial charge in [0, 0.05) is 19.1 Å². The van der Waals surface area contributed by atoms with Crippen molar-refractivity contribution in [3.63, 3.8) is 0 Å². The molecule has 22 heavy (non-hydrogen) atoms. The molecule has 4 heteroatoms. The van der Waals surface area contributed by atoms with Gasteiger partial charge in [-0.15, -0.1) is 0 Å². The summed E-state index contributed by atoms with van der Waals surface area (Å²) in [7, 11) is 0. The van der Waals surface area contributed by atoms with Crippen LogP contribution in [0.15, 0.2) is 12.1 Å². The van der Waals surface area contributed by atoms with Crippen molar-refractivity contribution < 1.29 is 19.0 Å². The molecule has 1 rings (SSSR count). The van der Waals surface area contributed by atoms with Crippen molar-refractivity contribution in [3.8, 4) is 23.5 Å². The molecule has 0 amide bonds. The zero-order valence-corrected chi connectivity index (χ0v) is 13.5. The first kappa shape index (κ1) is 17.9. The average molecular weight is 303 g/mol. The molecule has 0 saturated heterocycles. The second-order valence-electron chi connectivity index (χ2n) is 4.80. The van der Waals surface area contributed by atoms with E-state index in [0.717, 1.165) is 25.7 Å². The first-order valence-electron chi connectivity index (χ1n) is 7.67. The molecule has 4 nitrogen and oxygen atoms in total. The summed E-state index contributed by atoms with van der Waals surface area (Å²) in [5.41, 5.74) is 0.627. The minimum atomic E-state index is -0.442. The molecular formula is C18H23O4. The SMILES string of the molecule is CCCCOc1[c]cc(OCCCC)c(C#COC(C)=O)c1. The van der Waals surface area contributed by atoms with E-state index < -0.39 is 5.97 Å². The minimum absolute atomic E-state index is 0.442. The van der Waals surface area contributed by atoms with Crippen LogP contribution in [0.25, 0.3) is 0 Å². The van der Waals surface area contributed by atoms with Crippen LogP contribution in [0.3, 0.4) is 0 Å². The zero-order valence-electron chi connectivity index (χ0n) is 13.5. The molecule has 0 saturated carbocycles. The Balaban J connectivity index is 2.83. The van der Waals surface area contributed by atoms with Gasteiger partial charge in [-0.05, 0) is 24.8 Å². The summed E-state index contributed by atoms with van der Waals surface area (Å²) in [6.07, 6.45) is 6.44. The van der Waals surface area contributed by atoms with Gasteiger partial charge in [0.15, 0.2) is 0 Å². The first-order chi connectivity index (χ1) is 10.7. The number of hydrogen-bond acceptors (Lipinski definition) is 4. The summed E-state index contributed by atoms with van der Waals surface area (Å²) >= 11 is 0. The number of ether oxygens (including phenoxy) is 3. The van der Waals surface area contributed by atoms with Gasteiger partial charge >= 0.3 is 5.97 Å². The highest BCUT2D eigenvalue weighted by atomic mass is 16.5. The Morgan fingerprint density at radius 1 is 1.18 bits per heavy atom. The largest absolute Gasteiger partial charge is 0.493 e. The quantitative estimate of drug-likeness (QED) is 0.417. The topological polar surface area (TPSA) is 44.8 Å². The average Bonchev–Trinajstić information content (AvgIpc) is 2.49. The summed E-state index contributed by atoms with van der Waals surface area (Å²) in [6.45, 7) is 6.77. The lowest BCUT2D eigenvalue weighted by molar-refractivity contribution is -0.134. The van der Waals surface area contributed by atoms with Crippen molar-refractivity contribution in [2.75, 3.05) is 13.2 Å². The van der Waals surface area contributed by atoms with E-state index in [1.54, 1.807) is 12.1 Å². The van der Waals surface area contributed by atoms with Crippen LogP contribution in [-0.2, 0) is 9.53 Å². The maximum absolute atomic E-state index is 10.8. The van der Waals surface area contributed by atoms with Gasteiger partial charge in [-0.1, -0.05) is 26.7 Å². The molecule has 0 heterocycles. The van der Waals surface area contributed by atoms with Crippen LogP contribution >= 0.6 is 0 Å². The number of carbonyl (C=O) groups is 1. The molecule has 1 radical (unpaired) electrons. The molecule has 0 aliphatic rings. The second kappa shape index (κ2) is 10.6. The number of hydrogen-bond donors (Lipinski definition) is 0. The lowest BCUT2D eigenvalue weighted by Gasteiger charge is -2.10. The van der Waals surface area contributed by atoms with Crippen molar-refractivity contribution in [2.24, 2.45) is 0 Å². The Morgan fingerprint density at radius 2 is 1.86 bits per heavy atom. The van der Waals surface area contributed by atoms with Crippen molar-refractivity contribution in [1.29, 1.82) is 0 Å². The number of rotatable bonds is 8. The first-order valence-corrected chi connectivity index (χ1v) is 7.67. The standard InChI is InChI=1S/C18H23O4/c1-4-6-11-21-17-8-9-18(22-12-7-5-2)16(14-17)10-13-20-15(3)19/h9,14H,4-7,11-12H2,1-3H3. The Morgan fingerprint density at radius 3 is 2.50 bits per heavy atom. The van der Waals surface area contributed by atoms with Gasteiger partial charge in [-0.3, -0.25) is 4.79 Å². The lowest BCUT2D eigenvalue weighted by Crippen LogP contribution is -2.01. The van der Waals surface area contributed by atoms with Gasteiger partial charge in [-0.25, -0.2) is 0 Å². The summed E-state index contributed by atoms with van der Waals surface area (Å²) in [4.78, 5) is 10.8. The van der Waals surface area contributed by atoms with E-state index >= 15 is 0 Å². The molecule has 0 aliphatic heterocycles. The normalized spacial score (nSPS) is 9.59. The smallest absolute Gasteiger partial charge is 0.316 e. The molecule has 0 fully saturated rings. The molecule has 0 atom stereocenters. The minimum Gasteiger partial charge on any atom is -0.493 e. The van der Waals surface area contributed by atoms with Gasteiger partial charge < -0.3 is 14.2 Å². The number of esters is 1. The third kappa shape index (κ3) is 7.03. The Bertz CT molecular complexity index is 526. The fraction of sp³-hybridized carbons (Fsp3) is 0.500. The second-order valence-corrected chi connectivity index (χ2v) is 4.80. The Hall–Kier alpha value is -2.15. The van der Waals surface area contributed by atoms with Crippen LogP contribution in [0.5, 0.6) is 11.5 Å². The maximum Gasteiger partial charge on any atom is 0.316 e. The molecule has 0 aromatic heterocycles. The molecule has 0 bridgehead atoms. The molecule has 0 spiro atoms. The van der Waals surface area contributed by atoms with E-state index in [4.69, 9.17) is 9.47 Å². The molecule has 0 aliphatic carbocycles. The summed E-state index contributed by atoms with van der Waals surface area (Å²) < 4.78 is 16.0. The van der Waals surface area contributed by atoms with Crippen LogP contribution in [0.1, 0.15) is 52.0 Å². The van der Waals surface area contributed by atoms with Crippen LogP contribution in [-0.4, -0.2) is 19.2 Å². The predicted octanol–water partition coefficient (Wildman–Crippen LogP) is 3.72. The highest BCUT2D eigenvalue weighted by Crippen LogP contribution is 2.23. The van der Waals surface area contributed by atoms with Crippen LogP contribution in [0.4, 0.5) is 0 Å². The Labute approximate surface area is 132 Å². The highest BCUT2D eigenvalue weighted by Gasteiger charge is 2.05. The predicted molar refractivity (Wildman–Crippen MR) is 84.7 cm³/mol.